The van der Waals surface area contributed by atoms with Crippen molar-refractivity contribution < 1.29 is 9.59 Å². The van der Waals surface area contributed by atoms with Gasteiger partial charge in [0.15, 0.2) is 5.17 Å². The smallest absolute Gasteiger partial charge is 0.242 e. The molecule has 0 spiro atoms. The average Bonchev–Trinajstić information content (AvgIpc) is 3.39. The Kier molecular flexibility index (Phi) is 6.44. The van der Waals surface area contributed by atoms with E-state index in [1.807, 2.05) is 85.1 Å². The number of rotatable bonds is 7. The van der Waals surface area contributed by atoms with E-state index in [-0.39, 0.29) is 18.2 Å². The summed E-state index contributed by atoms with van der Waals surface area (Å²) in [6, 6.07) is 27.0. The van der Waals surface area contributed by atoms with Crippen LogP contribution in [0.3, 0.4) is 0 Å². The highest BCUT2D eigenvalue weighted by molar-refractivity contribution is 8.15. The Morgan fingerprint density at radius 2 is 1.68 bits per heavy atom. The van der Waals surface area contributed by atoms with Crippen LogP contribution < -0.4 is 5.32 Å². The average molecular weight is 469 g/mol. The molecule has 0 aliphatic carbocycles. The number of anilines is 1. The fourth-order valence-electron chi connectivity index (χ4n) is 4.02. The van der Waals surface area contributed by atoms with E-state index in [0.29, 0.717) is 18.1 Å². The molecule has 34 heavy (non-hydrogen) atoms. The first kappa shape index (κ1) is 22.0. The van der Waals surface area contributed by atoms with Gasteiger partial charge in [-0.1, -0.05) is 66.4 Å². The molecule has 1 aliphatic rings. The molecule has 3 aromatic carbocycles. The number of para-hydroxylation sites is 3. The van der Waals surface area contributed by atoms with Gasteiger partial charge in [0.25, 0.3) is 0 Å². The molecule has 2 N–H and O–H groups in total. The Morgan fingerprint density at radius 1 is 0.971 bits per heavy atom. The van der Waals surface area contributed by atoms with Crippen molar-refractivity contribution in [1.82, 2.24) is 9.88 Å². The van der Waals surface area contributed by atoms with E-state index in [9.17, 15) is 9.59 Å². The van der Waals surface area contributed by atoms with Crippen LogP contribution in [0, 0.1) is 0 Å². The third-order valence-electron chi connectivity index (χ3n) is 5.71. The highest BCUT2D eigenvalue weighted by Crippen LogP contribution is 2.32. The van der Waals surface area contributed by atoms with Crippen LogP contribution in [-0.2, 0) is 16.0 Å². The van der Waals surface area contributed by atoms with Crippen LogP contribution in [0.15, 0.2) is 96.1 Å². The third-order valence-corrected chi connectivity index (χ3v) is 6.88. The standard InChI is InChI=1S/C27H24N4O2S/c32-25(29-20-9-3-1-4-10-20)17-24-26(33)31(27(34-24)30-21-11-5-2-6-12-21)16-15-19-18-28-23-14-8-7-13-22(19)23/h1-14,18,24,28H,15-17H2,(H,29,32)/t24-/m0/s1. The summed E-state index contributed by atoms with van der Waals surface area (Å²) in [5, 5.41) is 4.16. The number of thioether (sulfide) groups is 1. The van der Waals surface area contributed by atoms with Crippen molar-refractivity contribution in [2.75, 3.05) is 11.9 Å². The lowest BCUT2D eigenvalue weighted by atomic mass is 10.1. The zero-order valence-corrected chi connectivity index (χ0v) is 19.3. The van der Waals surface area contributed by atoms with E-state index in [0.717, 1.165) is 27.8 Å². The first-order valence-corrected chi connectivity index (χ1v) is 12.1. The largest absolute Gasteiger partial charge is 0.361 e. The van der Waals surface area contributed by atoms with E-state index < -0.39 is 5.25 Å². The number of nitrogens with zero attached hydrogens (tertiary/aromatic N) is 2. The van der Waals surface area contributed by atoms with Gasteiger partial charge in [0.1, 0.15) is 5.25 Å². The SMILES string of the molecule is O=C(C[C@@H]1SC(=Nc2ccccc2)N(CCc2c[nH]c3ccccc23)C1=O)Nc1ccccc1. The maximum absolute atomic E-state index is 13.4. The Balaban J connectivity index is 1.34. The molecule has 1 saturated heterocycles. The Bertz CT molecular complexity index is 1330. The maximum Gasteiger partial charge on any atom is 0.242 e. The lowest BCUT2D eigenvalue weighted by Gasteiger charge is -2.16. The monoisotopic (exact) mass is 468 g/mol. The highest BCUT2D eigenvalue weighted by Gasteiger charge is 2.39. The predicted octanol–water partition coefficient (Wildman–Crippen LogP) is 5.37. The molecule has 6 nitrogen and oxygen atoms in total. The summed E-state index contributed by atoms with van der Waals surface area (Å²) in [6.45, 7) is 0.496. The van der Waals surface area contributed by atoms with Crippen LogP contribution in [0.5, 0.6) is 0 Å². The lowest BCUT2D eigenvalue weighted by molar-refractivity contribution is -0.128. The Morgan fingerprint density at radius 3 is 2.47 bits per heavy atom. The normalized spacial score (nSPS) is 16.9. The van der Waals surface area contributed by atoms with Crippen molar-refractivity contribution in [2.24, 2.45) is 4.99 Å². The number of aliphatic imine (C=N–C) groups is 1. The van der Waals surface area contributed by atoms with Crippen LogP contribution in [0.4, 0.5) is 11.4 Å². The zero-order valence-electron chi connectivity index (χ0n) is 18.5. The second kappa shape index (κ2) is 9.97. The minimum atomic E-state index is -0.505. The van der Waals surface area contributed by atoms with Crippen molar-refractivity contribution in [1.29, 1.82) is 0 Å². The number of benzene rings is 3. The summed E-state index contributed by atoms with van der Waals surface area (Å²) in [5.74, 6) is -0.266. The summed E-state index contributed by atoms with van der Waals surface area (Å²) in [4.78, 5) is 35.7. The predicted molar refractivity (Wildman–Crippen MR) is 138 cm³/mol. The van der Waals surface area contributed by atoms with Crippen LogP contribution >= 0.6 is 11.8 Å². The van der Waals surface area contributed by atoms with Crippen LogP contribution in [0.2, 0.25) is 0 Å². The number of aromatic nitrogens is 1. The van der Waals surface area contributed by atoms with Gasteiger partial charge in [0, 0.05) is 35.8 Å². The van der Waals surface area contributed by atoms with Crippen LogP contribution in [0.1, 0.15) is 12.0 Å². The van der Waals surface area contributed by atoms with Crippen molar-refractivity contribution in [3.05, 3.63) is 96.7 Å². The number of hydrogen-bond acceptors (Lipinski definition) is 4. The van der Waals surface area contributed by atoms with Gasteiger partial charge in [-0.3, -0.25) is 14.5 Å². The van der Waals surface area contributed by atoms with Crippen molar-refractivity contribution in [2.45, 2.75) is 18.1 Å². The second-order valence-electron chi connectivity index (χ2n) is 8.05. The fourth-order valence-corrected chi connectivity index (χ4v) is 5.20. The van der Waals surface area contributed by atoms with Crippen molar-refractivity contribution >= 4 is 51.0 Å². The second-order valence-corrected chi connectivity index (χ2v) is 9.22. The maximum atomic E-state index is 13.4. The molecule has 7 heteroatoms. The molecule has 4 aromatic rings. The Hall–Kier alpha value is -3.84. The van der Waals surface area contributed by atoms with Gasteiger partial charge in [-0.2, -0.15) is 0 Å². The quantitative estimate of drug-likeness (QED) is 0.383. The van der Waals surface area contributed by atoms with Gasteiger partial charge >= 0.3 is 0 Å². The molecular formula is C27H24N4O2S. The number of aromatic amines is 1. The first-order valence-electron chi connectivity index (χ1n) is 11.2. The molecule has 0 saturated carbocycles. The molecule has 0 unspecified atom stereocenters. The molecule has 2 amide bonds. The summed E-state index contributed by atoms with van der Waals surface area (Å²) in [5.41, 5.74) is 3.73. The number of amidine groups is 1. The molecule has 0 bridgehead atoms. The molecule has 0 radical (unpaired) electrons. The molecule has 170 valence electrons. The van der Waals surface area contributed by atoms with E-state index in [1.165, 1.54) is 11.8 Å². The van der Waals surface area contributed by atoms with E-state index in [2.05, 4.69) is 16.4 Å². The van der Waals surface area contributed by atoms with Gasteiger partial charge in [0.2, 0.25) is 11.8 Å². The minimum Gasteiger partial charge on any atom is -0.361 e. The van der Waals surface area contributed by atoms with Gasteiger partial charge in [-0.15, -0.1) is 0 Å². The number of H-pyrrole nitrogens is 1. The van der Waals surface area contributed by atoms with Gasteiger partial charge in [-0.25, -0.2) is 4.99 Å². The van der Waals surface area contributed by atoms with E-state index in [4.69, 9.17) is 4.99 Å². The summed E-state index contributed by atoms with van der Waals surface area (Å²) in [6.07, 6.45) is 2.78. The number of amides is 2. The minimum absolute atomic E-state index is 0.0808. The van der Waals surface area contributed by atoms with Gasteiger partial charge in [-0.05, 0) is 42.3 Å². The van der Waals surface area contributed by atoms with Crippen molar-refractivity contribution in [3.63, 3.8) is 0 Å². The number of fused-ring (bicyclic) bond motifs is 1. The van der Waals surface area contributed by atoms with Crippen LogP contribution in [-0.4, -0.2) is 38.7 Å². The molecule has 1 fully saturated rings. The fraction of sp³-hybridized carbons (Fsp3) is 0.148. The summed E-state index contributed by atoms with van der Waals surface area (Å²) >= 11 is 1.36. The molecule has 2 heterocycles. The van der Waals surface area contributed by atoms with Gasteiger partial charge in [0.05, 0.1) is 5.69 Å². The lowest BCUT2D eigenvalue weighted by Crippen LogP contribution is -2.35. The number of nitrogens with one attached hydrogen (secondary N) is 2. The number of carbonyl (C=O) groups is 2. The molecule has 1 aromatic heterocycles. The van der Waals surface area contributed by atoms with E-state index >= 15 is 0 Å². The molecule has 1 atom stereocenters. The highest BCUT2D eigenvalue weighted by atomic mass is 32.2. The Labute approximate surface area is 202 Å². The number of carbonyl (C=O) groups excluding carboxylic acids is 2. The number of hydrogen-bond donors (Lipinski definition) is 2. The summed E-state index contributed by atoms with van der Waals surface area (Å²) < 4.78 is 0. The zero-order chi connectivity index (χ0) is 23.3. The van der Waals surface area contributed by atoms with Gasteiger partial charge < -0.3 is 10.3 Å². The van der Waals surface area contributed by atoms with E-state index in [1.54, 1.807) is 4.90 Å². The summed E-state index contributed by atoms with van der Waals surface area (Å²) in [7, 11) is 0. The third kappa shape index (κ3) is 4.89. The molecule has 5 rings (SSSR count). The van der Waals surface area contributed by atoms with Crippen molar-refractivity contribution in [3.8, 4) is 0 Å². The van der Waals surface area contributed by atoms with Crippen LogP contribution in [0.25, 0.3) is 10.9 Å². The molecule has 1 aliphatic heterocycles. The molecular weight excluding hydrogens is 444 g/mol. The first-order chi connectivity index (χ1) is 16.7. The topological polar surface area (TPSA) is 77.6 Å².